The second kappa shape index (κ2) is 7.43. The Bertz CT molecular complexity index is 223. The van der Waals surface area contributed by atoms with Gasteiger partial charge in [0, 0.05) is 44.3 Å². The molecule has 1 aliphatic rings. The van der Waals surface area contributed by atoms with Gasteiger partial charge >= 0.3 is 0 Å². The first-order valence-electron chi connectivity index (χ1n) is 7.31. The minimum atomic E-state index is -0.131. The maximum Gasteiger partial charge on any atom is 0.0610 e. The molecule has 1 aliphatic heterocycles. The van der Waals surface area contributed by atoms with Crippen molar-refractivity contribution in [1.82, 2.24) is 15.1 Å². The van der Waals surface area contributed by atoms with Gasteiger partial charge in [0.2, 0.25) is 0 Å². The molecule has 0 aliphatic carbocycles. The lowest BCUT2D eigenvalue weighted by Gasteiger charge is -2.39. The van der Waals surface area contributed by atoms with Crippen LogP contribution >= 0.6 is 0 Å². The normalized spacial score (nSPS) is 23.8. The molecule has 4 nitrogen and oxygen atoms in total. The Labute approximate surface area is 112 Å². The van der Waals surface area contributed by atoms with Gasteiger partial charge in [-0.3, -0.25) is 4.90 Å². The summed E-state index contributed by atoms with van der Waals surface area (Å²) < 4.78 is 0. The Morgan fingerprint density at radius 3 is 2.33 bits per heavy atom. The number of nitrogens with zero attached hydrogens (tertiary/aromatic N) is 2. The molecule has 0 amide bonds. The first-order chi connectivity index (χ1) is 8.54. The molecule has 1 heterocycles. The summed E-state index contributed by atoms with van der Waals surface area (Å²) in [5, 5.41) is 12.6. The minimum Gasteiger partial charge on any atom is -0.394 e. The predicted molar refractivity (Wildman–Crippen MR) is 76.9 cm³/mol. The molecule has 2 atom stereocenters. The van der Waals surface area contributed by atoms with Gasteiger partial charge in [0.25, 0.3) is 0 Å². The number of aliphatic hydroxyl groups is 1. The molecule has 0 spiro atoms. The zero-order chi connectivity index (χ0) is 13.6. The molecular weight excluding hydrogens is 226 g/mol. The molecule has 0 aromatic rings. The highest BCUT2D eigenvalue weighted by molar-refractivity contribution is 4.83. The number of nitrogens with one attached hydrogen (secondary N) is 1. The Balaban J connectivity index is 2.27. The molecule has 0 aromatic carbocycles. The molecule has 2 N–H and O–H groups in total. The van der Waals surface area contributed by atoms with Crippen LogP contribution in [0, 0.1) is 0 Å². The van der Waals surface area contributed by atoms with Crippen LogP contribution in [-0.2, 0) is 0 Å². The van der Waals surface area contributed by atoms with Crippen LogP contribution in [0.3, 0.4) is 0 Å². The molecule has 1 saturated heterocycles. The van der Waals surface area contributed by atoms with Gasteiger partial charge < -0.3 is 15.3 Å². The van der Waals surface area contributed by atoms with E-state index in [1.165, 1.54) is 19.5 Å². The summed E-state index contributed by atoms with van der Waals surface area (Å²) in [4.78, 5) is 5.10. The van der Waals surface area contributed by atoms with Gasteiger partial charge in [0.05, 0.1) is 6.61 Å². The van der Waals surface area contributed by atoms with Gasteiger partial charge in [-0.15, -0.1) is 0 Å². The molecular formula is C14H31N3O. The molecule has 1 fully saturated rings. The lowest BCUT2D eigenvalue weighted by atomic mass is 9.99. The van der Waals surface area contributed by atoms with E-state index in [9.17, 15) is 5.11 Å². The maximum absolute atomic E-state index is 9.37. The van der Waals surface area contributed by atoms with Crippen molar-refractivity contribution in [3.8, 4) is 0 Å². The van der Waals surface area contributed by atoms with Crippen molar-refractivity contribution in [1.29, 1.82) is 0 Å². The van der Waals surface area contributed by atoms with E-state index in [0.717, 1.165) is 26.1 Å². The number of rotatable bonds is 7. The van der Waals surface area contributed by atoms with E-state index in [4.69, 9.17) is 0 Å². The summed E-state index contributed by atoms with van der Waals surface area (Å²) in [6, 6.07) is 0.715. The summed E-state index contributed by atoms with van der Waals surface area (Å²) in [6.07, 6.45) is 2.24. The largest absolute Gasteiger partial charge is 0.394 e. The Morgan fingerprint density at radius 2 is 1.89 bits per heavy atom. The van der Waals surface area contributed by atoms with E-state index >= 15 is 0 Å². The van der Waals surface area contributed by atoms with Gasteiger partial charge in [0.15, 0.2) is 0 Å². The number of aliphatic hydroxyl groups excluding tert-OH is 1. The highest BCUT2D eigenvalue weighted by Gasteiger charge is 2.24. The van der Waals surface area contributed by atoms with E-state index in [0.29, 0.717) is 6.04 Å². The second-order valence-corrected chi connectivity index (χ2v) is 5.85. The quantitative estimate of drug-likeness (QED) is 0.706. The predicted octanol–water partition coefficient (Wildman–Crippen LogP) is 0.763. The summed E-state index contributed by atoms with van der Waals surface area (Å²) in [6.45, 7) is 12.6. The number of piperazine rings is 1. The van der Waals surface area contributed by atoms with E-state index < -0.39 is 0 Å². The molecule has 18 heavy (non-hydrogen) atoms. The molecule has 108 valence electrons. The molecule has 0 radical (unpaired) electrons. The summed E-state index contributed by atoms with van der Waals surface area (Å²) >= 11 is 0. The monoisotopic (exact) mass is 257 g/mol. The fraction of sp³-hybridized carbons (Fsp3) is 1.00. The average molecular weight is 257 g/mol. The third kappa shape index (κ3) is 4.50. The van der Waals surface area contributed by atoms with Crippen molar-refractivity contribution in [2.45, 2.75) is 45.2 Å². The molecule has 4 heteroatoms. The first-order valence-corrected chi connectivity index (χ1v) is 7.31. The third-order valence-electron chi connectivity index (χ3n) is 4.55. The summed E-state index contributed by atoms with van der Waals surface area (Å²) in [5.41, 5.74) is -0.131. The van der Waals surface area contributed by atoms with E-state index in [2.05, 4.69) is 35.9 Å². The standard InChI is InChI=1S/C14H31N3O/c1-5-13(2)17-10-8-16(9-11-17)7-6-14(3,12-18)15-4/h13,15,18H,5-12H2,1-4H3. The molecule has 0 aromatic heterocycles. The maximum atomic E-state index is 9.37. The Morgan fingerprint density at radius 1 is 1.28 bits per heavy atom. The zero-order valence-electron chi connectivity index (χ0n) is 12.6. The average Bonchev–Trinajstić information content (AvgIpc) is 2.44. The molecule has 1 rings (SSSR count). The lowest BCUT2D eigenvalue weighted by Crippen LogP contribution is -2.52. The SMILES string of the molecule is CCC(C)N1CCN(CCC(C)(CO)NC)CC1. The van der Waals surface area contributed by atoms with Gasteiger partial charge in [-0.2, -0.15) is 0 Å². The van der Waals surface area contributed by atoms with Crippen LogP contribution in [0.2, 0.25) is 0 Å². The van der Waals surface area contributed by atoms with Crippen LogP contribution < -0.4 is 5.32 Å². The van der Waals surface area contributed by atoms with Crippen molar-refractivity contribution in [2.75, 3.05) is 46.4 Å². The van der Waals surface area contributed by atoms with E-state index in [1.807, 2.05) is 7.05 Å². The van der Waals surface area contributed by atoms with Crippen LogP contribution in [0.25, 0.3) is 0 Å². The third-order valence-corrected chi connectivity index (χ3v) is 4.55. The van der Waals surface area contributed by atoms with Gasteiger partial charge in [-0.05, 0) is 33.7 Å². The van der Waals surface area contributed by atoms with Crippen molar-refractivity contribution in [3.05, 3.63) is 0 Å². The summed E-state index contributed by atoms with van der Waals surface area (Å²) in [5.74, 6) is 0. The summed E-state index contributed by atoms with van der Waals surface area (Å²) in [7, 11) is 1.93. The molecule has 0 bridgehead atoms. The number of hydrogen-bond acceptors (Lipinski definition) is 4. The Hall–Kier alpha value is -0.160. The number of hydrogen-bond donors (Lipinski definition) is 2. The topological polar surface area (TPSA) is 38.7 Å². The van der Waals surface area contributed by atoms with Crippen LogP contribution in [0.5, 0.6) is 0 Å². The van der Waals surface area contributed by atoms with Crippen LogP contribution in [0.1, 0.15) is 33.6 Å². The van der Waals surface area contributed by atoms with Crippen molar-refractivity contribution < 1.29 is 5.11 Å². The van der Waals surface area contributed by atoms with E-state index in [1.54, 1.807) is 0 Å². The van der Waals surface area contributed by atoms with Crippen LogP contribution in [-0.4, -0.2) is 72.9 Å². The van der Waals surface area contributed by atoms with Gasteiger partial charge in [-0.1, -0.05) is 6.92 Å². The Kier molecular flexibility index (Phi) is 6.57. The highest BCUT2D eigenvalue weighted by atomic mass is 16.3. The lowest BCUT2D eigenvalue weighted by molar-refractivity contribution is 0.0868. The molecule has 2 unspecified atom stereocenters. The minimum absolute atomic E-state index is 0.131. The van der Waals surface area contributed by atoms with E-state index in [-0.39, 0.29) is 12.1 Å². The van der Waals surface area contributed by atoms with Crippen LogP contribution in [0.4, 0.5) is 0 Å². The van der Waals surface area contributed by atoms with Crippen LogP contribution in [0.15, 0.2) is 0 Å². The fourth-order valence-electron chi connectivity index (χ4n) is 2.37. The second-order valence-electron chi connectivity index (χ2n) is 5.85. The molecule has 0 saturated carbocycles. The van der Waals surface area contributed by atoms with Crippen molar-refractivity contribution in [2.24, 2.45) is 0 Å². The first kappa shape index (κ1) is 15.9. The number of likely N-dealkylation sites (N-methyl/N-ethyl adjacent to an activating group) is 1. The van der Waals surface area contributed by atoms with Crippen molar-refractivity contribution >= 4 is 0 Å². The zero-order valence-corrected chi connectivity index (χ0v) is 12.6. The smallest absolute Gasteiger partial charge is 0.0610 e. The van der Waals surface area contributed by atoms with Gasteiger partial charge in [0.1, 0.15) is 0 Å². The highest BCUT2D eigenvalue weighted by Crippen LogP contribution is 2.12. The van der Waals surface area contributed by atoms with Crippen molar-refractivity contribution in [3.63, 3.8) is 0 Å². The van der Waals surface area contributed by atoms with Gasteiger partial charge in [-0.25, -0.2) is 0 Å². The fourth-order valence-corrected chi connectivity index (χ4v) is 2.37.